The van der Waals surface area contributed by atoms with Crippen LogP contribution in [0.4, 0.5) is 13.6 Å². The maximum atomic E-state index is 14.0. The van der Waals surface area contributed by atoms with Crippen molar-refractivity contribution in [1.82, 2.24) is 15.5 Å². The Labute approximate surface area is 143 Å². The first-order valence-electron chi connectivity index (χ1n) is 7.57. The number of benzene rings is 1. The number of hydrogen-bond acceptors (Lipinski definition) is 4. The zero-order valence-electron chi connectivity index (χ0n) is 14.1. The molecule has 4 amide bonds. The second kappa shape index (κ2) is 7.14. The van der Waals surface area contributed by atoms with Crippen LogP contribution in [-0.4, -0.2) is 49.0 Å². The van der Waals surface area contributed by atoms with Crippen LogP contribution in [0, 0.1) is 11.6 Å². The number of nitrogens with zero attached hydrogens (tertiary/aromatic N) is 1. The van der Waals surface area contributed by atoms with E-state index in [1.807, 2.05) is 0 Å². The van der Waals surface area contributed by atoms with Crippen molar-refractivity contribution in [1.29, 1.82) is 0 Å². The van der Waals surface area contributed by atoms with Crippen molar-refractivity contribution in [2.24, 2.45) is 0 Å². The van der Waals surface area contributed by atoms with Crippen LogP contribution in [0.3, 0.4) is 0 Å². The third-order valence-electron chi connectivity index (χ3n) is 3.87. The van der Waals surface area contributed by atoms with Crippen molar-refractivity contribution in [2.45, 2.75) is 25.4 Å². The van der Waals surface area contributed by atoms with Crippen LogP contribution >= 0.6 is 0 Å². The summed E-state index contributed by atoms with van der Waals surface area (Å²) in [4.78, 5) is 37.3. The van der Waals surface area contributed by atoms with E-state index in [2.05, 4.69) is 10.6 Å². The minimum Gasteiger partial charge on any atom is -0.383 e. The Hall–Kier alpha value is -2.55. The van der Waals surface area contributed by atoms with Gasteiger partial charge in [0.2, 0.25) is 5.91 Å². The van der Waals surface area contributed by atoms with Crippen molar-refractivity contribution in [3.63, 3.8) is 0 Å². The van der Waals surface area contributed by atoms with E-state index < -0.39 is 41.6 Å². The maximum Gasteiger partial charge on any atom is 0.325 e. The molecule has 9 heteroatoms. The van der Waals surface area contributed by atoms with Gasteiger partial charge in [-0.2, -0.15) is 0 Å². The maximum absolute atomic E-state index is 14.0. The lowest BCUT2D eigenvalue weighted by atomic mass is 9.91. The number of urea groups is 1. The molecule has 136 valence electrons. The molecule has 1 aliphatic heterocycles. The van der Waals surface area contributed by atoms with E-state index in [9.17, 15) is 23.2 Å². The van der Waals surface area contributed by atoms with Crippen LogP contribution in [0.5, 0.6) is 0 Å². The van der Waals surface area contributed by atoms with Gasteiger partial charge in [-0.25, -0.2) is 13.6 Å². The van der Waals surface area contributed by atoms with Crippen LogP contribution < -0.4 is 10.6 Å². The molecule has 1 aromatic carbocycles. The monoisotopic (exact) mass is 355 g/mol. The average Bonchev–Trinajstić information content (AvgIpc) is 2.74. The molecule has 7 nitrogen and oxygen atoms in total. The van der Waals surface area contributed by atoms with Gasteiger partial charge in [0, 0.05) is 18.7 Å². The van der Waals surface area contributed by atoms with Crippen molar-refractivity contribution < 1.29 is 27.9 Å². The van der Waals surface area contributed by atoms with Gasteiger partial charge in [-0.1, -0.05) is 0 Å². The van der Waals surface area contributed by atoms with Crippen LogP contribution in [0.1, 0.15) is 19.4 Å². The van der Waals surface area contributed by atoms with Gasteiger partial charge in [0.25, 0.3) is 5.91 Å². The van der Waals surface area contributed by atoms with Gasteiger partial charge in [0.05, 0.1) is 6.61 Å². The third kappa shape index (κ3) is 3.76. The van der Waals surface area contributed by atoms with E-state index in [0.717, 1.165) is 18.2 Å². The Morgan fingerprint density at radius 3 is 2.72 bits per heavy atom. The van der Waals surface area contributed by atoms with E-state index in [4.69, 9.17) is 4.74 Å². The van der Waals surface area contributed by atoms with E-state index >= 15 is 0 Å². The smallest absolute Gasteiger partial charge is 0.325 e. The second-order valence-corrected chi connectivity index (χ2v) is 5.99. The van der Waals surface area contributed by atoms with Gasteiger partial charge >= 0.3 is 6.03 Å². The minimum atomic E-state index is -1.79. The topological polar surface area (TPSA) is 87.7 Å². The van der Waals surface area contributed by atoms with Crippen LogP contribution in [0.25, 0.3) is 0 Å². The molecular weight excluding hydrogens is 336 g/mol. The van der Waals surface area contributed by atoms with E-state index in [-0.39, 0.29) is 18.2 Å². The second-order valence-electron chi connectivity index (χ2n) is 5.99. The Balaban J connectivity index is 2.19. The van der Waals surface area contributed by atoms with Crippen molar-refractivity contribution in [2.75, 3.05) is 20.3 Å². The highest BCUT2D eigenvalue weighted by molar-refractivity contribution is 6.09. The van der Waals surface area contributed by atoms with E-state index in [1.165, 1.54) is 14.0 Å². The summed E-state index contributed by atoms with van der Waals surface area (Å²) in [7, 11) is 1.47. The summed E-state index contributed by atoms with van der Waals surface area (Å²) in [5.41, 5.74) is -2.09. The molecule has 2 N–H and O–H groups in total. The summed E-state index contributed by atoms with van der Waals surface area (Å²) in [5.74, 6) is -2.99. The highest BCUT2D eigenvalue weighted by Crippen LogP contribution is 2.31. The average molecular weight is 355 g/mol. The van der Waals surface area contributed by atoms with Crippen LogP contribution in [0.15, 0.2) is 18.2 Å². The quantitative estimate of drug-likeness (QED) is 0.742. The highest BCUT2D eigenvalue weighted by atomic mass is 19.1. The summed E-state index contributed by atoms with van der Waals surface area (Å²) >= 11 is 0. The van der Waals surface area contributed by atoms with Gasteiger partial charge < -0.3 is 15.4 Å². The van der Waals surface area contributed by atoms with E-state index in [0.29, 0.717) is 4.90 Å². The third-order valence-corrected chi connectivity index (χ3v) is 3.87. The Morgan fingerprint density at radius 2 is 2.08 bits per heavy atom. The number of rotatable bonds is 6. The Bertz CT molecular complexity index is 713. The predicted octanol–water partition coefficient (Wildman–Crippen LogP) is 0.883. The number of carbonyl (C=O) groups excluding carboxylic acids is 3. The van der Waals surface area contributed by atoms with Gasteiger partial charge in [0.15, 0.2) is 0 Å². The molecule has 0 spiro atoms. The largest absolute Gasteiger partial charge is 0.383 e. The van der Waals surface area contributed by atoms with E-state index in [1.54, 1.807) is 6.92 Å². The lowest BCUT2D eigenvalue weighted by Gasteiger charge is -2.23. The number of hydrogen-bond donors (Lipinski definition) is 2. The molecule has 0 saturated carbocycles. The van der Waals surface area contributed by atoms with Crippen molar-refractivity contribution >= 4 is 17.8 Å². The molecule has 1 heterocycles. The predicted molar refractivity (Wildman–Crippen MR) is 83.4 cm³/mol. The molecule has 0 aromatic heterocycles. The zero-order chi connectivity index (χ0) is 18.8. The first kappa shape index (κ1) is 18.8. The number of methoxy groups -OCH3 is 1. The molecule has 0 bridgehead atoms. The molecule has 1 saturated heterocycles. The number of nitrogens with one attached hydrogen (secondary N) is 2. The minimum absolute atomic E-state index is 0.262. The molecule has 0 unspecified atom stereocenters. The number of carbonyl (C=O) groups is 3. The first-order valence-corrected chi connectivity index (χ1v) is 7.57. The number of imide groups is 1. The molecular formula is C16H19F2N3O4. The molecule has 0 aliphatic carbocycles. The molecule has 25 heavy (non-hydrogen) atoms. The molecule has 0 radical (unpaired) electrons. The van der Waals surface area contributed by atoms with Gasteiger partial charge in [-0.3, -0.25) is 14.5 Å². The fourth-order valence-corrected chi connectivity index (χ4v) is 2.66. The normalized spacial score (nSPS) is 21.2. The number of amides is 4. The fourth-order valence-electron chi connectivity index (χ4n) is 2.66. The summed E-state index contributed by atoms with van der Waals surface area (Å²) in [5, 5.41) is 4.89. The lowest BCUT2D eigenvalue weighted by molar-refractivity contribution is -0.135. The number of ether oxygens (including phenoxy) is 1. The highest BCUT2D eigenvalue weighted by Gasteiger charge is 2.50. The number of halogens is 2. The lowest BCUT2D eigenvalue weighted by Crippen LogP contribution is -2.46. The van der Waals surface area contributed by atoms with Crippen molar-refractivity contribution in [3.8, 4) is 0 Å². The fraction of sp³-hybridized carbons (Fsp3) is 0.438. The standard InChI is InChI=1S/C16H19F2N3O4/c1-9(8-25-3)19-13(22)7-21-14(23)16(2,20-15(21)24)11-6-10(17)4-5-12(11)18/h4-6,9H,7-8H2,1-3H3,(H,19,22)(H,20,24)/t9-,16-/m0/s1. The summed E-state index contributed by atoms with van der Waals surface area (Å²) in [6, 6.07) is 1.46. The van der Waals surface area contributed by atoms with Crippen LogP contribution in [-0.2, 0) is 19.9 Å². The molecule has 1 fully saturated rings. The summed E-state index contributed by atoms with van der Waals surface area (Å²) < 4.78 is 32.3. The molecule has 1 aliphatic rings. The van der Waals surface area contributed by atoms with Gasteiger partial charge in [-0.15, -0.1) is 0 Å². The zero-order valence-corrected chi connectivity index (χ0v) is 14.1. The van der Waals surface area contributed by atoms with Gasteiger partial charge in [-0.05, 0) is 32.0 Å². The van der Waals surface area contributed by atoms with Crippen LogP contribution in [0.2, 0.25) is 0 Å². The van der Waals surface area contributed by atoms with Gasteiger partial charge in [0.1, 0.15) is 23.7 Å². The summed E-state index contributed by atoms with van der Waals surface area (Å²) in [6.45, 7) is 2.68. The first-order chi connectivity index (χ1) is 11.7. The Morgan fingerprint density at radius 1 is 1.40 bits per heavy atom. The SMILES string of the molecule is COC[C@H](C)NC(=O)CN1C(=O)N[C@@](C)(c2cc(F)ccc2F)C1=O. The Kier molecular flexibility index (Phi) is 5.36. The van der Waals surface area contributed by atoms with Crippen molar-refractivity contribution in [3.05, 3.63) is 35.4 Å². The molecule has 2 rings (SSSR count). The molecule has 1 aromatic rings. The summed E-state index contributed by atoms with van der Waals surface area (Å²) in [6.07, 6.45) is 0. The molecule has 2 atom stereocenters.